The molecule has 0 heterocycles. The van der Waals surface area contributed by atoms with Crippen LogP contribution >= 0.6 is 0 Å². The Bertz CT molecular complexity index is 295. The summed E-state index contributed by atoms with van der Waals surface area (Å²) in [6.07, 6.45) is 2.92. The van der Waals surface area contributed by atoms with Gasteiger partial charge in [0, 0.05) is 20.0 Å². The highest BCUT2D eigenvalue weighted by Crippen LogP contribution is 2.31. The van der Waals surface area contributed by atoms with E-state index in [1.807, 2.05) is 0 Å². The van der Waals surface area contributed by atoms with E-state index >= 15 is 0 Å². The van der Waals surface area contributed by atoms with Crippen LogP contribution in [0.1, 0.15) is 39.0 Å². The normalized spacial score (nSPS) is 25.5. The van der Waals surface area contributed by atoms with Crippen LogP contribution < -0.4 is 0 Å². The minimum absolute atomic E-state index is 0.0367. The van der Waals surface area contributed by atoms with E-state index < -0.39 is 12.1 Å². The summed E-state index contributed by atoms with van der Waals surface area (Å²) < 4.78 is 0. The quantitative estimate of drug-likeness (QED) is 0.773. The fraction of sp³-hybridized carbons (Fsp3) is 0.846. The lowest BCUT2D eigenvalue weighted by molar-refractivity contribution is -0.143. The molecule has 1 atom stereocenters. The third-order valence-electron chi connectivity index (χ3n) is 3.62. The smallest absolute Gasteiger partial charge is 0.306 e. The summed E-state index contributed by atoms with van der Waals surface area (Å²) in [5.41, 5.74) is 0. The van der Waals surface area contributed by atoms with Gasteiger partial charge in [-0.1, -0.05) is 0 Å². The number of carbonyl (C=O) groups excluding carboxylic acids is 1. The number of hydrogen-bond donors (Lipinski definition) is 2. The lowest BCUT2D eigenvalue weighted by Crippen LogP contribution is -2.34. The summed E-state index contributed by atoms with van der Waals surface area (Å²) in [5, 5.41) is 18.1. The Morgan fingerprint density at radius 1 is 1.28 bits per heavy atom. The first-order valence-corrected chi connectivity index (χ1v) is 6.55. The Kier molecular flexibility index (Phi) is 5.59. The number of aliphatic hydroxyl groups is 1. The zero-order chi connectivity index (χ0) is 13.7. The van der Waals surface area contributed by atoms with Gasteiger partial charge < -0.3 is 15.1 Å². The second kappa shape index (κ2) is 6.73. The molecule has 1 amide bonds. The van der Waals surface area contributed by atoms with Gasteiger partial charge in [0.25, 0.3) is 0 Å². The number of hydrogen-bond acceptors (Lipinski definition) is 3. The van der Waals surface area contributed by atoms with Crippen LogP contribution in [0.3, 0.4) is 0 Å². The van der Waals surface area contributed by atoms with Crippen molar-refractivity contribution >= 4 is 11.9 Å². The highest BCUT2D eigenvalue weighted by Gasteiger charge is 2.27. The van der Waals surface area contributed by atoms with Crippen LogP contribution in [0.5, 0.6) is 0 Å². The van der Waals surface area contributed by atoms with Crippen LogP contribution in [-0.2, 0) is 9.59 Å². The Morgan fingerprint density at radius 3 is 2.28 bits per heavy atom. The zero-order valence-electron chi connectivity index (χ0n) is 11.1. The van der Waals surface area contributed by atoms with E-state index in [9.17, 15) is 14.7 Å². The van der Waals surface area contributed by atoms with Crippen LogP contribution in [0.4, 0.5) is 0 Å². The molecule has 0 unspecified atom stereocenters. The van der Waals surface area contributed by atoms with Gasteiger partial charge >= 0.3 is 5.97 Å². The fourth-order valence-corrected chi connectivity index (χ4v) is 2.51. The molecule has 0 bridgehead atoms. The van der Waals surface area contributed by atoms with Gasteiger partial charge in [-0.2, -0.15) is 0 Å². The van der Waals surface area contributed by atoms with E-state index in [4.69, 9.17) is 5.11 Å². The van der Waals surface area contributed by atoms with E-state index in [-0.39, 0.29) is 11.8 Å². The molecule has 104 valence electrons. The average Bonchev–Trinajstić information content (AvgIpc) is 2.28. The van der Waals surface area contributed by atoms with Gasteiger partial charge in [-0.05, 0) is 38.5 Å². The second-order valence-electron chi connectivity index (χ2n) is 5.38. The Hall–Kier alpha value is -1.10. The van der Waals surface area contributed by atoms with Crippen LogP contribution in [0.25, 0.3) is 0 Å². The van der Waals surface area contributed by atoms with Crippen molar-refractivity contribution in [1.29, 1.82) is 0 Å². The number of aliphatic carboxylic acids is 1. The number of aliphatic hydroxyl groups excluding tert-OH is 1. The fourth-order valence-electron chi connectivity index (χ4n) is 2.51. The predicted molar refractivity (Wildman–Crippen MR) is 67.0 cm³/mol. The molecule has 0 aromatic carbocycles. The highest BCUT2D eigenvalue weighted by atomic mass is 16.4. The molecule has 0 spiro atoms. The first-order chi connectivity index (χ1) is 8.40. The molecule has 5 heteroatoms. The molecule has 0 radical (unpaired) electrons. The average molecular weight is 257 g/mol. The minimum atomic E-state index is -0.717. The third-order valence-corrected chi connectivity index (χ3v) is 3.62. The van der Waals surface area contributed by atoms with Gasteiger partial charge in [0.2, 0.25) is 5.91 Å². The summed E-state index contributed by atoms with van der Waals surface area (Å²) in [7, 11) is 1.69. The molecule has 0 aromatic heterocycles. The molecular weight excluding hydrogens is 234 g/mol. The molecule has 1 fully saturated rings. The van der Waals surface area contributed by atoms with Crippen LogP contribution in [0, 0.1) is 11.8 Å². The first-order valence-electron chi connectivity index (χ1n) is 6.55. The summed E-state index contributed by atoms with van der Waals surface area (Å²) in [4.78, 5) is 24.2. The van der Waals surface area contributed by atoms with Gasteiger partial charge in [0.05, 0.1) is 12.0 Å². The van der Waals surface area contributed by atoms with E-state index in [2.05, 4.69) is 0 Å². The van der Waals surface area contributed by atoms with Gasteiger partial charge in [-0.25, -0.2) is 0 Å². The number of rotatable bonds is 5. The Morgan fingerprint density at radius 2 is 1.83 bits per heavy atom. The topological polar surface area (TPSA) is 77.8 Å². The van der Waals surface area contributed by atoms with E-state index in [1.165, 1.54) is 0 Å². The number of carbonyl (C=O) groups is 2. The highest BCUT2D eigenvalue weighted by molar-refractivity contribution is 5.76. The molecule has 1 aliphatic carbocycles. The van der Waals surface area contributed by atoms with Crippen molar-refractivity contribution in [2.75, 3.05) is 13.6 Å². The van der Waals surface area contributed by atoms with Crippen molar-refractivity contribution in [3.8, 4) is 0 Å². The monoisotopic (exact) mass is 257 g/mol. The lowest BCUT2D eigenvalue weighted by Gasteiger charge is -2.27. The Balaban J connectivity index is 2.32. The molecule has 18 heavy (non-hydrogen) atoms. The first kappa shape index (κ1) is 15.0. The molecular formula is C13H23NO4. The summed E-state index contributed by atoms with van der Waals surface area (Å²) >= 11 is 0. The summed E-state index contributed by atoms with van der Waals surface area (Å²) in [6.45, 7) is 2.01. The zero-order valence-corrected chi connectivity index (χ0v) is 11.1. The van der Waals surface area contributed by atoms with Crippen LogP contribution in [-0.4, -0.2) is 46.7 Å². The number of likely N-dealkylation sites (N-methyl/N-ethyl adjacent to an activating group) is 1. The second-order valence-corrected chi connectivity index (χ2v) is 5.38. The lowest BCUT2D eigenvalue weighted by atomic mass is 9.80. The van der Waals surface area contributed by atoms with Gasteiger partial charge in [-0.15, -0.1) is 0 Å². The largest absolute Gasteiger partial charge is 0.481 e. The molecule has 0 aromatic rings. The number of nitrogens with zero attached hydrogens (tertiary/aromatic N) is 1. The van der Waals surface area contributed by atoms with E-state index in [0.717, 1.165) is 12.8 Å². The Labute approximate surface area is 108 Å². The number of amides is 1. The van der Waals surface area contributed by atoms with Crippen molar-refractivity contribution < 1.29 is 19.8 Å². The molecule has 1 rings (SSSR count). The molecule has 1 saturated carbocycles. The van der Waals surface area contributed by atoms with Crippen LogP contribution in [0.2, 0.25) is 0 Å². The SMILES string of the molecule is C[C@@H](O)CN(C)C(=O)CC1CCC(C(=O)O)CC1. The predicted octanol–water partition coefficient (Wildman–Crippen LogP) is 1.11. The third kappa shape index (κ3) is 4.64. The van der Waals surface area contributed by atoms with Gasteiger partial charge in [0.1, 0.15) is 0 Å². The van der Waals surface area contributed by atoms with Crippen LogP contribution in [0.15, 0.2) is 0 Å². The van der Waals surface area contributed by atoms with Crippen molar-refractivity contribution in [2.45, 2.75) is 45.1 Å². The number of carboxylic acids is 1. The summed E-state index contributed by atoms with van der Waals surface area (Å²) in [6, 6.07) is 0. The van der Waals surface area contributed by atoms with Gasteiger partial charge in [-0.3, -0.25) is 9.59 Å². The van der Waals surface area contributed by atoms with Gasteiger partial charge in [0.15, 0.2) is 0 Å². The maximum absolute atomic E-state index is 11.9. The minimum Gasteiger partial charge on any atom is -0.481 e. The van der Waals surface area contributed by atoms with E-state index in [1.54, 1.807) is 18.9 Å². The molecule has 1 aliphatic rings. The maximum atomic E-state index is 11.9. The maximum Gasteiger partial charge on any atom is 0.306 e. The van der Waals surface area contributed by atoms with Crippen molar-refractivity contribution in [3.63, 3.8) is 0 Å². The molecule has 0 aliphatic heterocycles. The molecule has 5 nitrogen and oxygen atoms in total. The molecule has 2 N–H and O–H groups in total. The molecule has 0 saturated heterocycles. The van der Waals surface area contributed by atoms with Crippen molar-refractivity contribution in [3.05, 3.63) is 0 Å². The van der Waals surface area contributed by atoms with Crippen molar-refractivity contribution in [2.24, 2.45) is 11.8 Å². The standard InChI is InChI=1S/C13H23NO4/c1-9(15)8-14(2)12(16)7-10-3-5-11(6-4-10)13(17)18/h9-11,15H,3-8H2,1-2H3,(H,17,18)/t9-,10?,11?/m1/s1. The summed E-state index contributed by atoms with van der Waals surface area (Å²) in [5.74, 6) is -0.614. The number of carboxylic acid groups (broad SMARTS) is 1. The van der Waals surface area contributed by atoms with E-state index in [0.29, 0.717) is 31.7 Å². The van der Waals surface area contributed by atoms with Crippen molar-refractivity contribution in [1.82, 2.24) is 4.90 Å².